The zero-order valence-corrected chi connectivity index (χ0v) is 10.7. The number of nitrogens with zero attached hydrogens (tertiary/aromatic N) is 3. The van der Waals surface area contributed by atoms with Crippen molar-refractivity contribution >= 4 is 11.6 Å². The maximum Gasteiger partial charge on any atom is 0.144 e. The van der Waals surface area contributed by atoms with Crippen molar-refractivity contribution in [2.45, 2.75) is 45.7 Å². The third-order valence-corrected chi connectivity index (χ3v) is 2.98. The van der Waals surface area contributed by atoms with Gasteiger partial charge in [0.15, 0.2) is 0 Å². The SMILES string of the molecule is CCCN(Cc1nc(C)cc(Cl)n1)C1CC1. The molecule has 0 aliphatic heterocycles. The minimum atomic E-state index is 0.551. The fraction of sp³-hybridized carbons (Fsp3) is 0.667. The Labute approximate surface area is 102 Å². The third kappa shape index (κ3) is 3.16. The molecule has 0 saturated heterocycles. The van der Waals surface area contributed by atoms with Gasteiger partial charge in [0.2, 0.25) is 0 Å². The van der Waals surface area contributed by atoms with E-state index in [1.165, 1.54) is 19.3 Å². The van der Waals surface area contributed by atoms with Gasteiger partial charge in [-0.3, -0.25) is 4.90 Å². The van der Waals surface area contributed by atoms with E-state index in [1.54, 1.807) is 6.07 Å². The summed E-state index contributed by atoms with van der Waals surface area (Å²) in [6.07, 6.45) is 3.81. The van der Waals surface area contributed by atoms with Crippen LogP contribution in [0.1, 0.15) is 37.7 Å². The molecule has 1 heterocycles. The number of hydrogen-bond acceptors (Lipinski definition) is 3. The van der Waals surface area contributed by atoms with E-state index < -0.39 is 0 Å². The van der Waals surface area contributed by atoms with Crippen LogP contribution in [0.4, 0.5) is 0 Å². The summed E-state index contributed by atoms with van der Waals surface area (Å²) < 4.78 is 0. The molecule has 0 bridgehead atoms. The summed E-state index contributed by atoms with van der Waals surface area (Å²) in [5.41, 5.74) is 0.947. The maximum atomic E-state index is 5.94. The smallest absolute Gasteiger partial charge is 0.144 e. The zero-order chi connectivity index (χ0) is 11.5. The van der Waals surface area contributed by atoms with Gasteiger partial charge in [-0.25, -0.2) is 9.97 Å². The molecule has 0 spiro atoms. The van der Waals surface area contributed by atoms with Crippen LogP contribution in [0.2, 0.25) is 5.15 Å². The highest BCUT2D eigenvalue weighted by atomic mass is 35.5. The fourth-order valence-corrected chi connectivity index (χ4v) is 2.21. The lowest BCUT2D eigenvalue weighted by molar-refractivity contribution is 0.249. The lowest BCUT2D eigenvalue weighted by atomic mass is 10.3. The normalized spacial score (nSPS) is 15.8. The molecule has 1 aromatic heterocycles. The van der Waals surface area contributed by atoms with Gasteiger partial charge >= 0.3 is 0 Å². The maximum absolute atomic E-state index is 5.94. The summed E-state index contributed by atoms with van der Waals surface area (Å²) in [5, 5.41) is 0.551. The van der Waals surface area contributed by atoms with E-state index >= 15 is 0 Å². The van der Waals surface area contributed by atoms with Crippen molar-refractivity contribution in [3.8, 4) is 0 Å². The molecule has 0 atom stereocenters. The van der Waals surface area contributed by atoms with Crippen LogP contribution in [-0.2, 0) is 6.54 Å². The summed E-state index contributed by atoms with van der Waals surface area (Å²) in [6, 6.07) is 2.55. The Morgan fingerprint density at radius 3 is 2.75 bits per heavy atom. The van der Waals surface area contributed by atoms with Crippen LogP contribution in [0.15, 0.2) is 6.07 Å². The zero-order valence-electron chi connectivity index (χ0n) is 9.91. The highest BCUT2D eigenvalue weighted by molar-refractivity contribution is 6.29. The van der Waals surface area contributed by atoms with Gasteiger partial charge in [0.05, 0.1) is 6.54 Å². The van der Waals surface area contributed by atoms with Gasteiger partial charge < -0.3 is 0 Å². The topological polar surface area (TPSA) is 29.0 Å². The quantitative estimate of drug-likeness (QED) is 0.740. The van der Waals surface area contributed by atoms with Gasteiger partial charge in [0.1, 0.15) is 11.0 Å². The van der Waals surface area contributed by atoms with E-state index in [2.05, 4.69) is 21.8 Å². The minimum absolute atomic E-state index is 0.551. The van der Waals surface area contributed by atoms with Crippen LogP contribution >= 0.6 is 11.6 Å². The Kier molecular flexibility index (Phi) is 3.77. The van der Waals surface area contributed by atoms with Gasteiger partial charge in [-0.1, -0.05) is 18.5 Å². The van der Waals surface area contributed by atoms with Gasteiger partial charge in [-0.15, -0.1) is 0 Å². The molecule has 0 aromatic carbocycles. The summed E-state index contributed by atoms with van der Waals surface area (Å²) in [4.78, 5) is 11.2. The molecule has 3 nitrogen and oxygen atoms in total. The molecule has 0 radical (unpaired) electrons. The predicted octanol–water partition coefficient (Wildman–Crippen LogP) is 2.81. The Balaban J connectivity index is 2.05. The van der Waals surface area contributed by atoms with Crippen LogP contribution in [0.3, 0.4) is 0 Å². The van der Waals surface area contributed by atoms with E-state index in [4.69, 9.17) is 11.6 Å². The van der Waals surface area contributed by atoms with E-state index in [0.29, 0.717) is 5.15 Å². The van der Waals surface area contributed by atoms with Crippen molar-refractivity contribution in [1.29, 1.82) is 0 Å². The summed E-state index contributed by atoms with van der Waals surface area (Å²) in [7, 11) is 0. The fourth-order valence-electron chi connectivity index (χ4n) is 1.96. The summed E-state index contributed by atoms with van der Waals surface area (Å²) in [6.45, 7) is 6.12. The molecule has 88 valence electrons. The molecule has 1 saturated carbocycles. The van der Waals surface area contributed by atoms with Crippen molar-refractivity contribution in [3.05, 3.63) is 22.7 Å². The second-order valence-electron chi connectivity index (χ2n) is 4.45. The first kappa shape index (κ1) is 11.8. The Morgan fingerprint density at radius 2 is 2.19 bits per heavy atom. The van der Waals surface area contributed by atoms with Crippen LogP contribution < -0.4 is 0 Å². The first-order valence-electron chi connectivity index (χ1n) is 5.93. The standard InChI is InChI=1S/C12H18ClN3/c1-3-6-16(10-4-5-10)8-12-14-9(2)7-11(13)15-12/h7,10H,3-6,8H2,1-2H3. The summed E-state index contributed by atoms with van der Waals surface area (Å²) in [5.74, 6) is 0.852. The van der Waals surface area contributed by atoms with Crippen LogP contribution in [0.25, 0.3) is 0 Å². The molecule has 2 rings (SSSR count). The molecule has 0 N–H and O–H groups in total. The largest absolute Gasteiger partial charge is 0.293 e. The van der Waals surface area contributed by atoms with Gasteiger partial charge in [0, 0.05) is 11.7 Å². The number of rotatable bonds is 5. The molecular weight excluding hydrogens is 222 g/mol. The average molecular weight is 240 g/mol. The van der Waals surface area contributed by atoms with E-state index in [9.17, 15) is 0 Å². The van der Waals surface area contributed by atoms with E-state index in [1.807, 2.05) is 6.92 Å². The van der Waals surface area contributed by atoms with Crippen molar-refractivity contribution in [1.82, 2.24) is 14.9 Å². The lowest BCUT2D eigenvalue weighted by Crippen LogP contribution is -2.27. The monoisotopic (exact) mass is 239 g/mol. The Bertz CT molecular complexity index is 343. The van der Waals surface area contributed by atoms with Crippen molar-refractivity contribution in [3.63, 3.8) is 0 Å². The van der Waals surface area contributed by atoms with E-state index in [0.717, 1.165) is 30.6 Å². The number of aryl methyl sites for hydroxylation is 1. The molecular formula is C12H18ClN3. The molecule has 1 fully saturated rings. The second kappa shape index (κ2) is 5.11. The van der Waals surface area contributed by atoms with Crippen LogP contribution in [0.5, 0.6) is 0 Å². The highest BCUT2D eigenvalue weighted by Crippen LogP contribution is 2.28. The summed E-state index contributed by atoms with van der Waals surface area (Å²) >= 11 is 5.94. The molecule has 4 heteroatoms. The Morgan fingerprint density at radius 1 is 1.44 bits per heavy atom. The number of hydrogen-bond donors (Lipinski definition) is 0. The molecule has 16 heavy (non-hydrogen) atoms. The van der Waals surface area contributed by atoms with Crippen molar-refractivity contribution in [2.24, 2.45) is 0 Å². The minimum Gasteiger partial charge on any atom is -0.293 e. The van der Waals surface area contributed by atoms with Crippen LogP contribution in [0, 0.1) is 6.92 Å². The number of aromatic nitrogens is 2. The first-order chi connectivity index (χ1) is 7.69. The molecule has 0 unspecified atom stereocenters. The lowest BCUT2D eigenvalue weighted by Gasteiger charge is -2.20. The van der Waals surface area contributed by atoms with Crippen molar-refractivity contribution in [2.75, 3.05) is 6.54 Å². The van der Waals surface area contributed by atoms with Crippen LogP contribution in [-0.4, -0.2) is 27.5 Å². The molecule has 1 aromatic rings. The second-order valence-corrected chi connectivity index (χ2v) is 4.84. The molecule has 1 aliphatic carbocycles. The first-order valence-corrected chi connectivity index (χ1v) is 6.31. The predicted molar refractivity (Wildman–Crippen MR) is 65.5 cm³/mol. The van der Waals surface area contributed by atoms with Crippen molar-refractivity contribution < 1.29 is 0 Å². The van der Waals surface area contributed by atoms with Gasteiger partial charge in [-0.2, -0.15) is 0 Å². The average Bonchev–Trinajstić information content (AvgIpc) is 2.98. The Hall–Kier alpha value is -0.670. The van der Waals surface area contributed by atoms with Gasteiger partial charge in [-0.05, 0) is 38.8 Å². The van der Waals surface area contributed by atoms with Gasteiger partial charge in [0.25, 0.3) is 0 Å². The molecule has 0 amide bonds. The number of halogens is 1. The highest BCUT2D eigenvalue weighted by Gasteiger charge is 2.28. The van der Waals surface area contributed by atoms with E-state index in [-0.39, 0.29) is 0 Å². The molecule has 1 aliphatic rings. The third-order valence-electron chi connectivity index (χ3n) is 2.79.